The van der Waals surface area contributed by atoms with Gasteiger partial charge in [0.25, 0.3) is 5.91 Å². The van der Waals surface area contributed by atoms with Gasteiger partial charge in [0.15, 0.2) is 0 Å². The quantitative estimate of drug-likeness (QED) is 0.905. The van der Waals surface area contributed by atoms with Crippen LogP contribution in [0.3, 0.4) is 0 Å². The summed E-state index contributed by atoms with van der Waals surface area (Å²) in [6.07, 6.45) is 4.63. The largest absolute Gasteiger partial charge is 0.350 e. The molecule has 1 aliphatic heterocycles. The molecule has 1 atom stereocenters. The fourth-order valence-corrected chi connectivity index (χ4v) is 3.41. The summed E-state index contributed by atoms with van der Waals surface area (Å²) in [5, 5.41) is 7.93. The highest BCUT2D eigenvalue weighted by molar-refractivity contribution is 6.31. The summed E-state index contributed by atoms with van der Waals surface area (Å²) >= 11 is 6.12. The first-order valence-corrected chi connectivity index (χ1v) is 8.70. The van der Waals surface area contributed by atoms with Crippen LogP contribution in [-0.4, -0.2) is 30.0 Å². The highest BCUT2D eigenvalue weighted by Crippen LogP contribution is 2.40. The lowest BCUT2D eigenvalue weighted by Crippen LogP contribution is -2.37. The topological polar surface area (TPSA) is 54.0 Å². The van der Waals surface area contributed by atoms with Gasteiger partial charge in [0.05, 0.1) is 11.1 Å². The molecule has 4 nitrogen and oxygen atoms in total. The van der Waals surface area contributed by atoms with E-state index in [2.05, 4.69) is 10.6 Å². The van der Waals surface area contributed by atoms with Crippen molar-refractivity contribution in [2.75, 3.05) is 13.1 Å². The van der Waals surface area contributed by atoms with Crippen LogP contribution in [0.4, 0.5) is 0 Å². The maximum Gasteiger partial charge on any atom is 0.252 e. The number of carbonyl (C=O) groups excluding carboxylic acids is 1. The van der Waals surface area contributed by atoms with E-state index in [0.717, 1.165) is 29.6 Å². The van der Waals surface area contributed by atoms with Gasteiger partial charge >= 0.3 is 0 Å². The Balaban J connectivity index is 1.65. The van der Waals surface area contributed by atoms with Crippen molar-refractivity contribution in [3.63, 3.8) is 0 Å². The van der Waals surface area contributed by atoms with Gasteiger partial charge in [-0.2, -0.15) is 0 Å². The number of nitrogens with zero attached hydrogens (tertiary/aromatic N) is 1. The average Bonchev–Trinajstić information content (AvgIpc) is 3.28. The Hall–Kier alpha value is -1.65. The number of nitrogens with one attached hydrogen (secondary N) is 2. The molecular formula is C18H20ClN3O. The molecule has 1 amide bonds. The second-order valence-corrected chi connectivity index (χ2v) is 6.97. The first-order valence-electron chi connectivity index (χ1n) is 8.32. The van der Waals surface area contributed by atoms with Gasteiger partial charge in [-0.1, -0.05) is 11.6 Å². The first kappa shape index (κ1) is 14.9. The van der Waals surface area contributed by atoms with Gasteiger partial charge < -0.3 is 10.6 Å². The summed E-state index contributed by atoms with van der Waals surface area (Å²) in [5.41, 5.74) is 2.57. The molecule has 1 aliphatic carbocycles. The molecule has 0 radical (unpaired) electrons. The summed E-state index contributed by atoms with van der Waals surface area (Å²) < 4.78 is 0. The monoisotopic (exact) mass is 329 g/mol. The van der Waals surface area contributed by atoms with E-state index >= 15 is 0 Å². The summed E-state index contributed by atoms with van der Waals surface area (Å²) in [6.45, 7) is 1.71. The molecule has 2 N–H and O–H groups in total. The molecule has 1 saturated heterocycles. The second kappa shape index (κ2) is 6.10. The predicted molar refractivity (Wildman–Crippen MR) is 92.1 cm³/mol. The normalized spacial score (nSPS) is 20.8. The minimum Gasteiger partial charge on any atom is -0.350 e. The van der Waals surface area contributed by atoms with Gasteiger partial charge in [-0.25, -0.2) is 0 Å². The van der Waals surface area contributed by atoms with Crippen LogP contribution in [0, 0.1) is 0 Å². The molecule has 1 saturated carbocycles. The standard InChI is InChI=1S/C18H20ClN3O/c19-12-5-6-16-14(8-12)15(9-17(22-16)11-3-4-11)18(23)21-10-13-2-1-7-20-13/h5-6,8-9,11,13,20H,1-4,7,10H2,(H,21,23). The Morgan fingerprint density at radius 3 is 2.91 bits per heavy atom. The van der Waals surface area contributed by atoms with E-state index in [4.69, 9.17) is 16.6 Å². The van der Waals surface area contributed by atoms with E-state index in [9.17, 15) is 4.79 Å². The zero-order chi connectivity index (χ0) is 15.8. The van der Waals surface area contributed by atoms with Crippen molar-refractivity contribution >= 4 is 28.4 Å². The van der Waals surface area contributed by atoms with Gasteiger partial charge in [-0.15, -0.1) is 0 Å². The SMILES string of the molecule is O=C(NCC1CCCN1)c1cc(C2CC2)nc2ccc(Cl)cc12. The van der Waals surface area contributed by atoms with E-state index < -0.39 is 0 Å². The zero-order valence-electron chi connectivity index (χ0n) is 12.9. The molecule has 1 unspecified atom stereocenters. The molecule has 2 aromatic rings. The second-order valence-electron chi connectivity index (χ2n) is 6.53. The first-order chi connectivity index (χ1) is 11.2. The van der Waals surface area contributed by atoms with Crippen LogP contribution < -0.4 is 10.6 Å². The van der Waals surface area contributed by atoms with Crippen molar-refractivity contribution in [3.8, 4) is 0 Å². The van der Waals surface area contributed by atoms with Gasteiger partial charge in [0.1, 0.15) is 0 Å². The fraction of sp³-hybridized carbons (Fsp3) is 0.444. The Morgan fingerprint density at radius 2 is 2.17 bits per heavy atom. The van der Waals surface area contributed by atoms with E-state index in [1.165, 1.54) is 19.3 Å². The number of hydrogen-bond donors (Lipinski definition) is 2. The van der Waals surface area contributed by atoms with Crippen LogP contribution in [0.25, 0.3) is 10.9 Å². The predicted octanol–water partition coefficient (Wildman–Crippen LogP) is 3.25. The van der Waals surface area contributed by atoms with Crippen LogP contribution in [-0.2, 0) is 0 Å². The van der Waals surface area contributed by atoms with Gasteiger partial charge in [0.2, 0.25) is 0 Å². The Bertz CT molecular complexity index is 751. The molecular weight excluding hydrogens is 310 g/mol. The number of pyridine rings is 1. The summed E-state index contributed by atoms with van der Waals surface area (Å²) in [7, 11) is 0. The summed E-state index contributed by atoms with van der Waals surface area (Å²) in [4.78, 5) is 17.4. The molecule has 2 aliphatic rings. The Labute approximate surface area is 140 Å². The van der Waals surface area contributed by atoms with Crippen molar-refractivity contribution in [2.45, 2.75) is 37.6 Å². The number of fused-ring (bicyclic) bond motifs is 1. The molecule has 1 aromatic heterocycles. The highest BCUT2D eigenvalue weighted by atomic mass is 35.5. The summed E-state index contributed by atoms with van der Waals surface area (Å²) in [5.74, 6) is 0.480. The highest BCUT2D eigenvalue weighted by Gasteiger charge is 2.27. The van der Waals surface area contributed by atoms with E-state index in [0.29, 0.717) is 29.1 Å². The van der Waals surface area contributed by atoms with E-state index in [1.807, 2.05) is 24.3 Å². The third-order valence-electron chi connectivity index (χ3n) is 4.70. The minimum absolute atomic E-state index is 0.0322. The Morgan fingerprint density at radius 1 is 1.30 bits per heavy atom. The van der Waals surface area contributed by atoms with Crippen LogP contribution in [0.1, 0.15) is 47.7 Å². The van der Waals surface area contributed by atoms with Crippen molar-refractivity contribution in [2.24, 2.45) is 0 Å². The smallest absolute Gasteiger partial charge is 0.252 e. The van der Waals surface area contributed by atoms with Crippen LogP contribution >= 0.6 is 11.6 Å². The number of benzene rings is 1. The lowest BCUT2D eigenvalue weighted by Gasteiger charge is -2.13. The molecule has 120 valence electrons. The number of carbonyl (C=O) groups is 1. The molecule has 4 rings (SSSR count). The number of hydrogen-bond acceptors (Lipinski definition) is 3. The van der Waals surface area contributed by atoms with Gasteiger partial charge in [0, 0.05) is 34.6 Å². The maximum atomic E-state index is 12.7. The average molecular weight is 330 g/mol. The molecule has 2 fully saturated rings. The van der Waals surface area contributed by atoms with Crippen LogP contribution in [0.2, 0.25) is 5.02 Å². The molecule has 23 heavy (non-hydrogen) atoms. The fourth-order valence-electron chi connectivity index (χ4n) is 3.24. The van der Waals surface area contributed by atoms with Crippen LogP contribution in [0.15, 0.2) is 24.3 Å². The van der Waals surface area contributed by atoms with Gasteiger partial charge in [-0.3, -0.25) is 9.78 Å². The number of amides is 1. The lowest BCUT2D eigenvalue weighted by molar-refractivity contribution is 0.0952. The van der Waals surface area contributed by atoms with E-state index in [1.54, 1.807) is 0 Å². The number of halogens is 1. The van der Waals surface area contributed by atoms with Crippen molar-refractivity contribution < 1.29 is 4.79 Å². The zero-order valence-corrected chi connectivity index (χ0v) is 13.7. The molecule has 0 spiro atoms. The van der Waals surface area contributed by atoms with Crippen LogP contribution in [0.5, 0.6) is 0 Å². The van der Waals surface area contributed by atoms with Crippen molar-refractivity contribution in [3.05, 3.63) is 40.5 Å². The summed E-state index contributed by atoms with van der Waals surface area (Å²) in [6, 6.07) is 7.91. The molecule has 1 aromatic carbocycles. The Kier molecular flexibility index (Phi) is 3.95. The van der Waals surface area contributed by atoms with Crippen molar-refractivity contribution in [1.82, 2.24) is 15.6 Å². The number of aromatic nitrogens is 1. The van der Waals surface area contributed by atoms with E-state index in [-0.39, 0.29) is 5.91 Å². The van der Waals surface area contributed by atoms with Gasteiger partial charge in [-0.05, 0) is 56.5 Å². The number of rotatable bonds is 4. The third kappa shape index (κ3) is 3.19. The lowest BCUT2D eigenvalue weighted by atomic mass is 10.0. The molecule has 5 heteroatoms. The minimum atomic E-state index is -0.0322. The molecule has 0 bridgehead atoms. The van der Waals surface area contributed by atoms with Crippen molar-refractivity contribution in [1.29, 1.82) is 0 Å². The molecule has 2 heterocycles. The third-order valence-corrected chi connectivity index (χ3v) is 4.94. The maximum absolute atomic E-state index is 12.7.